The number of anilines is 2. The Balaban J connectivity index is 1.52. The van der Waals surface area contributed by atoms with Gasteiger partial charge >= 0.3 is 0 Å². The number of aromatic nitrogens is 2. The van der Waals surface area contributed by atoms with E-state index in [9.17, 15) is 14.0 Å². The molecule has 0 spiro atoms. The molecule has 170 valence electrons. The highest BCUT2D eigenvalue weighted by atomic mass is 19.1. The number of rotatable bonds is 5. The van der Waals surface area contributed by atoms with Crippen LogP contribution in [0, 0.1) is 5.82 Å². The van der Waals surface area contributed by atoms with Crippen molar-refractivity contribution in [2.45, 2.75) is 38.5 Å². The van der Waals surface area contributed by atoms with Crippen LogP contribution in [0.2, 0.25) is 0 Å². The summed E-state index contributed by atoms with van der Waals surface area (Å²) in [6.45, 7) is 1.77. The standard InChI is InChI=1S/C25H26FN5O2/c26-18-8-2-3-9-21(18)31-20-10-6-7-17(20)23(29-31)25(33)28-19-15-16(24(27)32)11-12-22(19)30-13-4-1-5-14-30/h2-3,8-9,11-12,15H,1,4-7,10,13-14H2,(H2,27,32)(H,28,33). The second kappa shape index (κ2) is 8.69. The summed E-state index contributed by atoms with van der Waals surface area (Å²) in [5.41, 5.74) is 9.55. The van der Waals surface area contributed by atoms with Crippen LogP contribution in [0.3, 0.4) is 0 Å². The Bertz CT molecular complexity index is 1230. The zero-order chi connectivity index (χ0) is 22.9. The van der Waals surface area contributed by atoms with E-state index in [1.165, 1.54) is 12.5 Å². The average molecular weight is 448 g/mol. The molecule has 3 N–H and O–H groups in total. The molecule has 3 aromatic rings. The molecule has 2 heterocycles. The molecular weight excluding hydrogens is 421 g/mol. The second-order valence-electron chi connectivity index (χ2n) is 8.59. The number of primary amides is 1. The van der Waals surface area contributed by atoms with Gasteiger partial charge in [0, 0.05) is 29.9 Å². The second-order valence-corrected chi connectivity index (χ2v) is 8.59. The normalized spacial score (nSPS) is 15.4. The zero-order valence-electron chi connectivity index (χ0n) is 18.3. The number of fused-ring (bicyclic) bond motifs is 1. The molecule has 0 saturated carbocycles. The van der Waals surface area contributed by atoms with E-state index < -0.39 is 5.91 Å². The lowest BCUT2D eigenvalue weighted by Gasteiger charge is -2.30. The summed E-state index contributed by atoms with van der Waals surface area (Å²) in [5.74, 6) is -1.31. The van der Waals surface area contributed by atoms with Gasteiger partial charge in [0.1, 0.15) is 11.5 Å². The maximum atomic E-state index is 14.5. The molecule has 1 saturated heterocycles. The molecule has 1 aliphatic heterocycles. The number of piperidine rings is 1. The summed E-state index contributed by atoms with van der Waals surface area (Å²) in [5, 5.41) is 7.49. The summed E-state index contributed by atoms with van der Waals surface area (Å²) in [6.07, 6.45) is 5.67. The Morgan fingerprint density at radius 3 is 2.52 bits per heavy atom. The van der Waals surface area contributed by atoms with Crippen LogP contribution in [0.25, 0.3) is 5.69 Å². The predicted octanol–water partition coefficient (Wildman–Crippen LogP) is 3.84. The lowest BCUT2D eigenvalue weighted by atomic mass is 10.1. The number of hydrogen-bond acceptors (Lipinski definition) is 4. The highest BCUT2D eigenvalue weighted by Crippen LogP contribution is 2.32. The van der Waals surface area contributed by atoms with E-state index in [1.807, 2.05) is 6.07 Å². The SMILES string of the molecule is NC(=O)c1ccc(N2CCCCC2)c(NC(=O)c2nn(-c3ccccc3F)c3c2CCC3)c1. The molecular formula is C25H26FN5O2. The smallest absolute Gasteiger partial charge is 0.276 e. The number of carbonyl (C=O) groups excluding carboxylic acids is 2. The number of hydrogen-bond donors (Lipinski definition) is 2. The van der Waals surface area contributed by atoms with Crippen molar-refractivity contribution in [3.8, 4) is 5.69 Å². The van der Waals surface area contributed by atoms with Crippen molar-refractivity contribution in [3.05, 3.63) is 70.8 Å². The third-order valence-corrected chi connectivity index (χ3v) is 6.45. The first-order valence-electron chi connectivity index (χ1n) is 11.4. The van der Waals surface area contributed by atoms with Crippen LogP contribution in [-0.2, 0) is 12.8 Å². The van der Waals surface area contributed by atoms with Gasteiger partial charge in [-0.1, -0.05) is 12.1 Å². The largest absolute Gasteiger partial charge is 0.370 e. The topological polar surface area (TPSA) is 93.2 Å². The van der Waals surface area contributed by atoms with Crippen LogP contribution in [0.15, 0.2) is 42.5 Å². The molecule has 2 aliphatic rings. The van der Waals surface area contributed by atoms with Crippen molar-refractivity contribution in [1.29, 1.82) is 0 Å². The Hall–Kier alpha value is -3.68. The molecule has 5 rings (SSSR count). The Morgan fingerprint density at radius 2 is 1.76 bits per heavy atom. The molecule has 0 atom stereocenters. The fourth-order valence-electron chi connectivity index (χ4n) is 4.82. The lowest BCUT2D eigenvalue weighted by molar-refractivity contribution is 0.0995. The third kappa shape index (κ3) is 3.97. The molecule has 1 aliphatic carbocycles. The number of nitrogens with two attached hydrogens (primary N) is 1. The molecule has 0 unspecified atom stereocenters. The average Bonchev–Trinajstić information content (AvgIpc) is 3.43. The van der Waals surface area contributed by atoms with E-state index in [0.29, 0.717) is 29.1 Å². The van der Waals surface area contributed by atoms with Crippen molar-refractivity contribution >= 4 is 23.2 Å². The molecule has 33 heavy (non-hydrogen) atoms. The number of nitrogens with zero attached hydrogens (tertiary/aromatic N) is 3. The fourth-order valence-corrected chi connectivity index (χ4v) is 4.82. The molecule has 1 fully saturated rings. The molecule has 8 heteroatoms. The van der Waals surface area contributed by atoms with Gasteiger partial charge < -0.3 is 16.0 Å². The van der Waals surface area contributed by atoms with Crippen molar-refractivity contribution in [1.82, 2.24) is 9.78 Å². The van der Waals surface area contributed by atoms with E-state index in [0.717, 1.165) is 55.7 Å². The minimum atomic E-state index is -0.555. The minimum absolute atomic E-state index is 0.292. The highest BCUT2D eigenvalue weighted by Gasteiger charge is 2.28. The van der Waals surface area contributed by atoms with Crippen LogP contribution >= 0.6 is 0 Å². The number of para-hydroxylation sites is 1. The van der Waals surface area contributed by atoms with Crippen molar-refractivity contribution in [3.63, 3.8) is 0 Å². The monoisotopic (exact) mass is 447 g/mol. The summed E-state index contributed by atoms with van der Waals surface area (Å²) >= 11 is 0. The number of nitrogens with one attached hydrogen (secondary N) is 1. The summed E-state index contributed by atoms with van der Waals surface area (Å²) in [4.78, 5) is 27.4. The highest BCUT2D eigenvalue weighted by molar-refractivity contribution is 6.07. The van der Waals surface area contributed by atoms with E-state index in [1.54, 1.807) is 35.0 Å². The van der Waals surface area contributed by atoms with E-state index in [4.69, 9.17) is 5.73 Å². The van der Waals surface area contributed by atoms with Gasteiger partial charge in [-0.3, -0.25) is 9.59 Å². The van der Waals surface area contributed by atoms with Crippen LogP contribution in [-0.4, -0.2) is 34.7 Å². The fraction of sp³-hybridized carbons (Fsp3) is 0.320. The Kier molecular flexibility index (Phi) is 5.58. The summed E-state index contributed by atoms with van der Waals surface area (Å²) < 4.78 is 16.0. The minimum Gasteiger partial charge on any atom is -0.370 e. The first-order chi connectivity index (χ1) is 16.0. The zero-order valence-corrected chi connectivity index (χ0v) is 18.3. The summed E-state index contributed by atoms with van der Waals surface area (Å²) in [7, 11) is 0. The molecule has 0 bridgehead atoms. The number of carbonyl (C=O) groups is 2. The molecule has 2 amide bonds. The Morgan fingerprint density at radius 1 is 0.970 bits per heavy atom. The lowest BCUT2D eigenvalue weighted by Crippen LogP contribution is -2.30. The number of halogens is 1. The summed E-state index contributed by atoms with van der Waals surface area (Å²) in [6, 6.07) is 11.6. The van der Waals surface area contributed by atoms with Gasteiger partial charge in [0.25, 0.3) is 5.91 Å². The molecule has 2 aromatic carbocycles. The quantitative estimate of drug-likeness (QED) is 0.622. The van der Waals surface area contributed by atoms with Gasteiger partial charge in [-0.25, -0.2) is 9.07 Å². The Labute approximate surface area is 191 Å². The van der Waals surface area contributed by atoms with Gasteiger partial charge in [-0.05, 0) is 68.9 Å². The van der Waals surface area contributed by atoms with Gasteiger partial charge in [0.05, 0.1) is 11.4 Å². The molecule has 7 nitrogen and oxygen atoms in total. The van der Waals surface area contributed by atoms with E-state index >= 15 is 0 Å². The maximum Gasteiger partial charge on any atom is 0.276 e. The van der Waals surface area contributed by atoms with Gasteiger partial charge in [0.2, 0.25) is 5.91 Å². The van der Waals surface area contributed by atoms with Crippen molar-refractivity contribution in [2.24, 2.45) is 5.73 Å². The van der Waals surface area contributed by atoms with Gasteiger partial charge in [0.15, 0.2) is 5.69 Å². The van der Waals surface area contributed by atoms with E-state index in [-0.39, 0.29) is 11.7 Å². The predicted molar refractivity (Wildman–Crippen MR) is 125 cm³/mol. The van der Waals surface area contributed by atoms with Gasteiger partial charge in [-0.2, -0.15) is 5.10 Å². The third-order valence-electron chi connectivity index (χ3n) is 6.45. The number of benzene rings is 2. The van der Waals surface area contributed by atoms with Crippen LogP contribution in [0.5, 0.6) is 0 Å². The van der Waals surface area contributed by atoms with Crippen LogP contribution in [0.1, 0.15) is 57.8 Å². The molecule has 0 radical (unpaired) electrons. The van der Waals surface area contributed by atoms with E-state index in [2.05, 4.69) is 15.3 Å². The molecule has 1 aromatic heterocycles. The van der Waals surface area contributed by atoms with Gasteiger partial charge in [-0.15, -0.1) is 0 Å². The maximum absolute atomic E-state index is 14.5. The van der Waals surface area contributed by atoms with Crippen molar-refractivity contribution < 1.29 is 14.0 Å². The van der Waals surface area contributed by atoms with Crippen LogP contribution < -0.4 is 16.0 Å². The van der Waals surface area contributed by atoms with Crippen molar-refractivity contribution in [2.75, 3.05) is 23.3 Å². The first kappa shape index (κ1) is 21.2. The first-order valence-corrected chi connectivity index (χ1v) is 11.4. The van der Waals surface area contributed by atoms with Crippen LogP contribution in [0.4, 0.5) is 15.8 Å². The number of amides is 2.